The van der Waals surface area contributed by atoms with E-state index in [-0.39, 0.29) is 5.82 Å². The Kier molecular flexibility index (Phi) is 4.58. The minimum absolute atomic E-state index is 0.253. The largest absolute Gasteiger partial charge is 0.493 e. The van der Waals surface area contributed by atoms with Gasteiger partial charge in [0.05, 0.1) is 14.2 Å². The first-order valence-electron chi connectivity index (χ1n) is 6.40. The summed E-state index contributed by atoms with van der Waals surface area (Å²) in [5.74, 6) is 1.10. The number of hydrogen-bond acceptors (Lipinski definition) is 3. The molecule has 0 bridgehead atoms. The number of benzene rings is 2. The molecule has 0 spiro atoms. The molecule has 0 radical (unpaired) electrons. The summed E-state index contributed by atoms with van der Waals surface area (Å²) in [5, 5.41) is 0. The minimum Gasteiger partial charge on any atom is -0.493 e. The number of hydrogen-bond donors (Lipinski definition) is 1. The van der Waals surface area contributed by atoms with E-state index in [4.69, 9.17) is 15.2 Å². The highest BCUT2D eigenvalue weighted by Gasteiger charge is 2.13. The lowest BCUT2D eigenvalue weighted by molar-refractivity contribution is 0.352. The predicted octanol–water partition coefficient (Wildman–Crippen LogP) is 3.01. The molecular formula is C16H18FNO2. The van der Waals surface area contributed by atoms with Crippen molar-refractivity contribution >= 4 is 0 Å². The SMILES string of the molecule is COc1cc(-c2ccc(F)cc2)cc(CCN)c1OC. The fraction of sp³-hybridized carbons (Fsp3) is 0.250. The average Bonchev–Trinajstić information content (AvgIpc) is 2.47. The van der Waals surface area contributed by atoms with Gasteiger partial charge in [0.1, 0.15) is 5.82 Å². The van der Waals surface area contributed by atoms with Gasteiger partial charge < -0.3 is 15.2 Å². The Hall–Kier alpha value is -2.07. The molecule has 0 fully saturated rings. The van der Waals surface area contributed by atoms with Gasteiger partial charge in [-0.1, -0.05) is 12.1 Å². The molecule has 0 aliphatic heterocycles. The molecule has 0 amide bonds. The maximum atomic E-state index is 13.0. The van der Waals surface area contributed by atoms with Gasteiger partial charge in [-0.05, 0) is 53.9 Å². The second-order valence-electron chi connectivity index (χ2n) is 4.42. The topological polar surface area (TPSA) is 44.5 Å². The fourth-order valence-electron chi connectivity index (χ4n) is 2.19. The molecule has 3 nitrogen and oxygen atoms in total. The lowest BCUT2D eigenvalue weighted by Gasteiger charge is -2.15. The van der Waals surface area contributed by atoms with Gasteiger partial charge >= 0.3 is 0 Å². The maximum absolute atomic E-state index is 13.0. The lowest BCUT2D eigenvalue weighted by atomic mass is 10.00. The van der Waals surface area contributed by atoms with Crippen LogP contribution < -0.4 is 15.2 Å². The van der Waals surface area contributed by atoms with Crippen molar-refractivity contribution in [3.8, 4) is 22.6 Å². The molecule has 0 heterocycles. The average molecular weight is 275 g/mol. The minimum atomic E-state index is -0.253. The highest BCUT2D eigenvalue weighted by Crippen LogP contribution is 2.36. The van der Waals surface area contributed by atoms with Crippen molar-refractivity contribution in [2.24, 2.45) is 5.73 Å². The molecule has 0 aromatic heterocycles. The monoisotopic (exact) mass is 275 g/mol. The van der Waals surface area contributed by atoms with Crippen LogP contribution in [0.5, 0.6) is 11.5 Å². The number of rotatable bonds is 5. The highest BCUT2D eigenvalue weighted by molar-refractivity contribution is 5.69. The molecule has 4 heteroatoms. The van der Waals surface area contributed by atoms with Crippen LogP contribution in [0.1, 0.15) is 5.56 Å². The number of halogens is 1. The van der Waals surface area contributed by atoms with Gasteiger partial charge in [0.2, 0.25) is 0 Å². The molecule has 2 N–H and O–H groups in total. The first kappa shape index (κ1) is 14.3. The molecule has 106 valence electrons. The Bertz CT molecular complexity index is 582. The van der Waals surface area contributed by atoms with E-state index < -0.39 is 0 Å². The molecule has 2 aromatic rings. The molecule has 0 unspecified atom stereocenters. The van der Waals surface area contributed by atoms with Gasteiger partial charge in [-0.2, -0.15) is 0 Å². The van der Waals surface area contributed by atoms with Gasteiger partial charge in [0.15, 0.2) is 11.5 Å². The summed E-state index contributed by atoms with van der Waals surface area (Å²) in [5.41, 5.74) is 8.49. The second kappa shape index (κ2) is 6.39. The Morgan fingerprint density at radius 1 is 1.00 bits per heavy atom. The quantitative estimate of drug-likeness (QED) is 0.912. The van der Waals surface area contributed by atoms with E-state index in [0.717, 1.165) is 16.7 Å². The third-order valence-electron chi connectivity index (χ3n) is 3.15. The summed E-state index contributed by atoms with van der Waals surface area (Å²) in [6, 6.07) is 10.2. The van der Waals surface area contributed by atoms with Crippen LogP contribution in [0.3, 0.4) is 0 Å². The number of methoxy groups -OCH3 is 2. The van der Waals surface area contributed by atoms with Crippen molar-refractivity contribution in [3.63, 3.8) is 0 Å². The molecule has 0 saturated carbocycles. The Labute approximate surface area is 118 Å². The van der Waals surface area contributed by atoms with E-state index >= 15 is 0 Å². The third kappa shape index (κ3) is 2.91. The van der Waals surface area contributed by atoms with Crippen LogP contribution in [0.2, 0.25) is 0 Å². The summed E-state index contributed by atoms with van der Waals surface area (Å²) in [7, 11) is 3.20. The normalized spacial score (nSPS) is 10.4. The van der Waals surface area contributed by atoms with Crippen LogP contribution in [-0.4, -0.2) is 20.8 Å². The van der Waals surface area contributed by atoms with E-state index in [2.05, 4.69) is 0 Å². The molecule has 0 aliphatic rings. The van der Waals surface area contributed by atoms with Crippen molar-refractivity contribution in [2.75, 3.05) is 20.8 Å². The molecule has 2 rings (SSSR count). The second-order valence-corrected chi connectivity index (χ2v) is 4.42. The van der Waals surface area contributed by atoms with E-state index in [9.17, 15) is 4.39 Å². The summed E-state index contributed by atoms with van der Waals surface area (Å²) in [4.78, 5) is 0. The van der Waals surface area contributed by atoms with Gasteiger partial charge in [-0.15, -0.1) is 0 Å². The number of ether oxygens (including phenoxy) is 2. The molecule has 0 saturated heterocycles. The van der Waals surface area contributed by atoms with Crippen molar-refractivity contribution in [1.82, 2.24) is 0 Å². The maximum Gasteiger partial charge on any atom is 0.163 e. The van der Waals surface area contributed by atoms with Crippen LogP contribution in [0, 0.1) is 5.82 Å². The van der Waals surface area contributed by atoms with Crippen molar-refractivity contribution < 1.29 is 13.9 Å². The van der Waals surface area contributed by atoms with Gasteiger partial charge in [-0.25, -0.2) is 4.39 Å². The Morgan fingerprint density at radius 2 is 1.70 bits per heavy atom. The van der Waals surface area contributed by atoms with E-state index in [1.54, 1.807) is 26.4 Å². The van der Waals surface area contributed by atoms with Crippen LogP contribution >= 0.6 is 0 Å². The molecule has 2 aromatic carbocycles. The third-order valence-corrected chi connectivity index (χ3v) is 3.15. The fourth-order valence-corrected chi connectivity index (χ4v) is 2.19. The summed E-state index contributed by atoms with van der Waals surface area (Å²) >= 11 is 0. The molecule has 20 heavy (non-hydrogen) atoms. The Balaban J connectivity index is 2.53. The summed E-state index contributed by atoms with van der Waals surface area (Å²) in [6.45, 7) is 0.520. The molecule has 0 aliphatic carbocycles. The summed E-state index contributed by atoms with van der Waals surface area (Å²) in [6.07, 6.45) is 0.689. The van der Waals surface area contributed by atoms with Crippen molar-refractivity contribution in [2.45, 2.75) is 6.42 Å². The van der Waals surface area contributed by atoms with E-state index in [1.165, 1.54) is 12.1 Å². The van der Waals surface area contributed by atoms with Crippen LogP contribution in [0.15, 0.2) is 36.4 Å². The van der Waals surface area contributed by atoms with E-state index in [1.807, 2.05) is 12.1 Å². The van der Waals surface area contributed by atoms with Crippen LogP contribution in [0.25, 0.3) is 11.1 Å². The first-order valence-corrected chi connectivity index (χ1v) is 6.40. The highest BCUT2D eigenvalue weighted by atomic mass is 19.1. The van der Waals surface area contributed by atoms with Gasteiger partial charge in [0.25, 0.3) is 0 Å². The van der Waals surface area contributed by atoms with Crippen LogP contribution in [0.4, 0.5) is 4.39 Å². The Morgan fingerprint density at radius 3 is 2.25 bits per heavy atom. The zero-order chi connectivity index (χ0) is 14.5. The van der Waals surface area contributed by atoms with Gasteiger partial charge in [-0.3, -0.25) is 0 Å². The molecule has 0 atom stereocenters. The van der Waals surface area contributed by atoms with Crippen LogP contribution in [-0.2, 0) is 6.42 Å². The lowest BCUT2D eigenvalue weighted by Crippen LogP contribution is -2.05. The number of nitrogens with two attached hydrogens (primary N) is 1. The van der Waals surface area contributed by atoms with Crippen molar-refractivity contribution in [1.29, 1.82) is 0 Å². The first-order chi connectivity index (χ1) is 9.69. The predicted molar refractivity (Wildman–Crippen MR) is 77.7 cm³/mol. The van der Waals surface area contributed by atoms with Crippen molar-refractivity contribution in [3.05, 3.63) is 47.8 Å². The standard InChI is InChI=1S/C16H18FNO2/c1-19-15-10-13(11-3-5-14(17)6-4-11)9-12(7-8-18)16(15)20-2/h3-6,9-10H,7-8,18H2,1-2H3. The summed E-state index contributed by atoms with van der Waals surface area (Å²) < 4.78 is 23.8. The zero-order valence-electron chi connectivity index (χ0n) is 11.7. The smallest absolute Gasteiger partial charge is 0.163 e. The van der Waals surface area contributed by atoms with E-state index in [0.29, 0.717) is 24.5 Å². The zero-order valence-corrected chi connectivity index (χ0v) is 11.7. The van der Waals surface area contributed by atoms with Gasteiger partial charge in [0, 0.05) is 0 Å². The molecular weight excluding hydrogens is 257 g/mol.